The first-order chi connectivity index (χ1) is 12.7. The van der Waals surface area contributed by atoms with E-state index < -0.39 is 0 Å². The Balaban J connectivity index is 0.00000261. The zero-order valence-corrected chi connectivity index (χ0v) is 18.3. The molecule has 0 spiro atoms. The molecule has 2 heterocycles. The van der Waals surface area contributed by atoms with E-state index in [9.17, 15) is 0 Å². The molecular formula is C19H29IN6O. The van der Waals surface area contributed by atoms with Crippen molar-refractivity contribution in [3.05, 3.63) is 42.0 Å². The maximum Gasteiger partial charge on any atom is 0.226 e. The van der Waals surface area contributed by atoms with Crippen molar-refractivity contribution in [3.8, 4) is 0 Å². The van der Waals surface area contributed by atoms with Gasteiger partial charge in [-0.25, -0.2) is 0 Å². The van der Waals surface area contributed by atoms with Gasteiger partial charge in [-0.2, -0.15) is 4.98 Å². The molecule has 2 aromatic rings. The molecule has 7 nitrogen and oxygen atoms in total. The largest absolute Gasteiger partial charge is 0.369 e. The smallest absolute Gasteiger partial charge is 0.226 e. The Hall–Kier alpha value is -1.84. The lowest BCUT2D eigenvalue weighted by molar-refractivity contribution is 0.372. The lowest BCUT2D eigenvalue weighted by atomic mass is 10.2. The van der Waals surface area contributed by atoms with Crippen molar-refractivity contribution in [2.75, 3.05) is 31.1 Å². The summed E-state index contributed by atoms with van der Waals surface area (Å²) >= 11 is 0. The van der Waals surface area contributed by atoms with E-state index in [1.165, 1.54) is 5.69 Å². The van der Waals surface area contributed by atoms with Crippen molar-refractivity contribution in [1.29, 1.82) is 0 Å². The van der Waals surface area contributed by atoms with Crippen molar-refractivity contribution in [2.24, 2.45) is 4.99 Å². The third-order valence-corrected chi connectivity index (χ3v) is 4.38. The second-order valence-electron chi connectivity index (χ2n) is 6.51. The van der Waals surface area contributed by atoms with Gasteiger partial charge in [-0.15, -0.1) is 24.0 Å². The van der Waals surface area contributed by atoms with Crippen LogP contribution in [0.2, 0.25) is 0 Å². The summed E-state index contributed by atoms with van der Waals surface area (Å²) in [6, 6.07) is 11.0. The minimum atomic E-state index is 0. The van der Waals surface area contributed by atoms with Gasteiger partial charge in [0.2, 0.25) is 5.89 Å². The average Bonchev–Trinajstić information content (AvgIpc) is 3.29. The van der Waals surface area contributed by atoms with E-state index in [0.717, 1.165) is 51.4 Å². The zero-order chi connectivity index (χ0) is 18.2. The van der Waals surface area contributed by atoms with Crippen LogP contribution >= 0.6 is 24.0 Å². The topological polar surface area (TPSA) is 78.6 Å². The van der Waals surface area contributed by atoms with Gasteiger partial charge in [-0.1, -0.05) is 23.4 Å². The fourth-order valence-corrected chi connectivity index (χ4v) is 3.13. The Morgan fingerprint density at radius 3 is 2.85 bits per heavy atom. The third-order valence-electron chi connectivity index (χ3n) is 4.38. The van der Waals surface area contributed by atoms with Crippen molar-refractivity contribution >= 4 is 35.6 Å². The molecule has 1 atom stereocenters. The van der Waals surface area contributed by atoms with E-state index in [1.54, 1.807) is 0 Å². The van der Waals surface area contributed by atoms with Gasteiger partial charge in [0.1, 0.15) is 0 Å². The number of aryl methyl sites for hydroxylation is 2. The second-order valence-corrected chi connectivity index (χ2v) is 6.51. The molecule has 0 bridgehead atoms. The predicted molar refractivity (Wildman–Crippen MR) is 119 cm³/mol. The Morgan fingerprint density at radius 1 is 1.33 bits per heavy atom. The molecule has 1 aliphatic rings. The zero-order valence-electron chi connectivity index (χ0n) is 16.0. The number of hydrogen-bond donors (Lipinski definition) is 2. The normalized spacial score (nSPS) is 16.9. The standard InChI is InChI=1S/C19H28N6O.HI/c1-3-20-19(21-12-7-10-18-22-15(2)24-26-18)23-16-11-13-25(14-16)17-8-5-4-6-9-17;/h4-6,8-9,16H,3,7,10-14H2,1-2H3,(H2,20,21,23);1H. The monoisotopic (exact) mass is 484 g/mol. The van der Waals surface area contributed by atoms with Crippen LogP contribution in [0.3, 0.4) is 0 Å². The number of para-hydroxylation sites is 1. The number of halogens is 1. The first-order valence-electron chi connectivity index (χ1n) is 9.38. The third kappa shape index (κ3) is 6.67. The molecule has 2 N–H and O–H groups in total. The van der Waals surface area contributed by atoms with E-state index >= 15 is 0 Å². The lowest BCUT2D eigenvalue weighted by Crippen LogP contribution is -2.44. The maximum atomic E-state index is 5.13. The van der Waals surface area contributed by atoms with E-state index in [4.69, 9.17) is 4.52 Å². The minimum absolute atomic E-state index is 0. The van der Waals surface area contributed by atoms with Crippen LogP contribution in [0.15, 0.2) is 39.8 Å². The van der Waals surface area contributed by atoms with Gasteiger partial charge >= 0.3 is 0 Å². The molecule has 1 fully saturated rings. The van der Waals surface area contributed by atoms with Crippen LogP contribution in [-0.4, -0.2) is 48.3 Å². The highest BCUT2D eigenvalue weighted by Crippen LogP contribution is 2.19. The number of nitrogens with zero attached hydrogens (tertiary/aromatic N) is 4. The highest BCUT2D eigenvalue weighted by Gasteiger charge is 2.23. The summed E-state index contributed by atoms with van der Waals surface area (Å²) < 4.78 is 5.13. The molecule has 8 heteroatoms. The van der Waals surface area contributed by atoms with Crippen LogP contribution in [-0.2, 0) is 6.42 Å². The fraction of sp³-hybridized carbons (Fsp3) is 0.526. The summed E-state index contributed by atoms with van der Waals surface area (Å²) in [6.45, 7) is 7.56. The van der Waals surface area contributed by atoms with Gasteiger partial charge in [-0.05, 0) is 38.8 Å². The summed E-state index contributed by atoms with van der Waals surface area (Å²) in [6.07, 6.45) is 2.76. The molecule has 1 aromatic carbocycles. The predicted octanol–water partition coefficient (Wildman–Crippen LogP) is 2.76. The van der Waals surface area contributed by atoms with Crippen LogP contribution in [0.25, 0.3) is 0 Å². The number of aromatic nitrogens is 2. The van der Waals surface area contributed by atoms with E-state index in [-0.39, 0.29) is 24.0 Å². The molecule has 0 aliphatic carbocycles. The Labute approximate surface area is 178 Å². The van der Waals surface area contributed by atoms with Crippen molar-refractivity contribution in [1.82, 2.24) is 20.8 Å². The molecule has 1 aliphatic heterocycles. The van der Waals surface area contributed by atoms with Crippen LogP contribution < -0.4 is 15.5 Å². The first kappa shape index (κ1) is 21.5. The number of nitrogens with one attached hydrogen (secondary N) is 2. The first-order valence-corrected chi connectivity index (χ1v) is 9.38. The highest BCUT2D eigenvalue weighted by molar-refractivity contribution is 14.0. The average molecular weight is 484 g/mol. The Bertz CT molecular complexity index is 705. The van der Waals surface area contributed by atoms with E-state index in [1.807, 2.05) is 6.92 Å². The summed E-state index contributed by atoms with van der Waals surface area (Å²) in [5.74, 6) is 2.25. The number of anilines is 1. The lowest BCUT2D eigenvalue weighted by Gasteiger charge is -2.20. The fourth-order valence-electron chi connectivity index (χ4n) is 3.13. The molecule has 0 saturated carbocycles. The summed E-state index contributed by atoms with van der Waals surface area (Å²) in [4.78, 5) is 11.3. The quantitative estimate of drug-likeness (QED) is 0.273. The van der Waals surface area contributed by atoms with Crippen molar-refractivity contribution < 1.29 is 4.52 Å². The van der Waals surface area contributed by atoms with Gasteiger partial charge in [0, 0.05) is 44.3 Å². The minimum Gasteiger partial charge on any atom is -0.369 e. The van der Waals surface area contributed by atoms with Crippen LogP contribution in [0.4, 0.5) is 5.69 Å². The summed E-state index contributed by atoms with van der Waals surface area (Å²) in [7, 11) is 0. The Kier molecular flexibility index (Phi) is 8.83. The molecule has 1 unspecified atom stereocenters. The SMILES string of the molecule is CCNC(=NCCCc1nc(C)no1)NC1CCN(c2ccccc2)C1.I. The van der Waals surface area contributed by atoms with Gasteiger partial charge in [-0.3, -0.25) is 4.99 Å². The van der Waals surface area contributed by atoms with Crippen molar-refractivity contribution in [2.45, 2.75) is 39.2 Å². The second kappa shape index (κ2) is 11.1. The molecular weight excluding hydrogens is 455 g/mol. The molecule has 0 amide bonds. The van der Waals surface area contributed by atoms with Crippen LogP contribution in [0.1, 0.15) is 31.5 Å². The molecule has 3 rings (SSSR count). The van der Waals surface area contributed by atoms with Gasteiger partial charge in [0.25, 0.3) is 0 Å². The number of guanidine groups is 1. The summed E-state index contributed by atoms with van der Waals surface area (Å²) in [5, 5.41) is 10.7. The van der Waals surface area contributed by atoms with Crippen LogP contribution in [0, 0.1) is 6.92 Å². The van der Waals surface area contributed by atoms with Crippen molar-refractivity contribution in [3.63, 3.8) is 0 Å². The van der Waals surface area contributed by atoms with E-state index in [2.05, 4.69) is 67.9 Å². The number of rotatable bonds is 7. The van der Waals surface area contributed by atoms with Crippen LogP contribution in [0.5, 0.6) is 0 Å². The Morgan fingerprint density at radius 2 is 2.15 bits per heavy atom. The molecule has 0 radical (unpaired) electrons. The van der Waals surface area contributed by atoms with E-state index in [0.29, 0.717) is 17.8 Å². The number of benzene rings is 1. The van der Waals surface area contributed by atoms with Gasteiger partial charge < -0.3 is 20.1 Å². The molecule has 148 valence electrons. The number of aliphatic imine (C=N–C) groups is 1. The maximum absolute atomic E-state index is 5.13. The number of hydrogen-bond acceptors (Lipinski definition) is 5. The van der Waals surface area contributed by atoms with Gasteiger partial charge in [0.05, 0.1) is 0 Å². The summed E-state index contributed by atoms with van der Waals surface area (Å²) in [5.41, 5.74) is 1.29. The molecule has 1 aromatic heterocycles. The highest BCUT2D eigenvalue weighted by atomic mass is 127. The molecule has 27 heavy (non-hydrogen) atoms. The molecule has 1 saturated heterocycles. The van der Waals surface area contributed by atoms with Gasteiger partial charge in [0.15, 0.2) is 11.8 Å².